The Balaban J connectivity index is 1.39. The molecule has 6 atom stereocenters. The summed E-state index contributed by atoms with van der Waals surface area (Å²) in [7, 11) is 0. The van der Waals surface area contributed by atoms with E-state index < -0.39 is 6.10 Å². The van der Waals surface area contributed by atoms with Crippen molar-refractivity contribution in [2.75, 3.05) is 24.6 Å². The second-order valence-corrected chi connectivity index (χ2v) is 14.6. The molecule has 0 aromatic heterocycles. The van der Waals surface area contributed by atoms with Crippen molar-refractivity contribution in [1.29, 1.82) is 0 Å². The number of aryl methyl sites for hydroxylation is 1. The van der Waals surface area contributed by atoms with Gasteiger partial charge in [-0.05, 0) is 116 Å². The molecule has 2 N–H and O–H groups in total. The van der Waals surface area contributed by atoms with Crippen molar-refractivity contribution in [3.05, 3.63) is 70.3 Å². The predicted molar refractivity (Wildman–Crippen MR) is 169 cm³/mol. The Morgan fingerprint density at radius 2 is 2.05 bits per heavy atom. The van der Waals surface area contributed by atoms with E-state index in [0.29, 0.717) is 29.9 Å². The third-order valence-corrected chi connectivity index (χ3v) is 11.8. The summed E-state index contributed by atoms with van der Waals surface area (Å²) in [4.78, 5) is 15.9. The number of nitrogens with one attached hydrogen (secondary N) is 1. The highest BCUT2D eigenvalue weighted by Crippen LogP contribution is 2.47. The number of benzene rings is 2. The summed E-state index contributed by atoms with van der Waals surface area (Å²) in [5, 5.41) is 12.3. The maximum absolute atomic E-state index is 13.5. The van der Waals surface area contributed by atoms with Gasteiger partial charge in [0.05, 0.1) is 18.4 Å². The fraction of sp³-hybridized carbons (Fsp3) is 0.559. The quantitative estimate of drug-likeness (QED) is 0.270. The number of amides is 1. The monoisotopic (exact) mass is 594 g/mol. The topological polar surface area (TPSA) is 61.8 Å². The molecule has 2 aromatic rings. The van der Waals surface area contributed by atoms with E-state index in [1.807, 2.05) is 30.3 Å². The molecule has 5 nitrogen and oxygen atoms in total. The number of hydrogen-bond donors (Lipinski definition) is 2. The van der Waals surface area contributed by atoms with E-state index >= 15 is 0 Å². The number of ether oxygens (including phenoxy) is 1. The Kier molecular flexibility index (Phi) is 8.37. The van der Waals surface area contributed by atoms with Gasteiger partial charge in [0.25, 0.3) is 5.91 Å². The SMILES string of the molecule is CC(C)[C@@H]1SNC(=O)c2ccc3c(c2)N(C[C@@H]2CC[C@H]2[C@@H](O)/C=C\C[C@H]1C)C[C@@]1(CCCc2cc(Cl)ccc21)CO3. The summed E-state index contributed by atoms with van der Waals surface area (Å²) in [5.74, 6) is 2.17. The van der Waals surface area contributed by atoms with Gasteiger partial charge >= 0.3 is 0 Å². The Hall–Kier alpha value is -2.15. The van der Waals surface area contributed by atoms with E-state index in [2.05, 4.69) is 48.6 Å². The van der Waals surface area contributed by atoms with E-state index in [-0.39, 0.29) is 22.5 Å². The standard InChI is InChI=1S/C34H43ClN2O3S/c1-21(2)32-22(3)6-4-8-30(38)27-12-9-25(27)18-37-19-34(15-5-7-23-16-26(35)11-13-28(23)34)20-40-31-14-10-24(17-29(31)37)33(39)36-41-32/h4,8,10-11,13-14,16-17,21-22,25,27,30,32,38H,5-7,9,12,15,18-20H2,1-3H3,(H,36,39)/b8-4-/t22-,25+,27-,30+,32+,34+/m1/s1. The zero-order valence-electron chi connectivity index (χ0n) is 24.4. The van der Waals surface area contributed by atoms with Gasteiger partial charge in [0.1, 0.15) is 5.75 Å². The van der Waals surface area contributed by atoms with Crippen LogP contribution in [-0.2, 0) is 11.8 Å². The van der Waals surface area contributed by atoms with Crippen LogP contribution in [-0.4, -0.2) is 42.1 Å². The van der Waals surface area contributed by atoms with E-state index in [1.165, 1.54) is 23.1 Å². The maximum atomic E-state index is 13.5. The molecule has 1 amide bonds. The zero-order chi connectivity index (χ0) is 28.7. The number of allylic oxidation sites excluding steroid dienone is 1. The Bertz CT molecular complexity index is 1310. The Morgan fingerprint density at radius 1 is 1.20 bits per heavy atom. The van der Waals surface area contributed by atoms with Gasteiger partial charge in [0.15, 0.2) is 0 Å². The highest BCUT2D eigenvalue weighted by Gasteiger charge is 2.44. The van der Waals surface area contributed by atoms with E-state index in [1.54, 1.807) is 0 Å². The molecule has 0 saturated heterocycles. The molecule has 2 bridgehead atoms. The molecule has 2 heterocycles. The van der Waals surface area contributed by atoms with E-state index in [0.717, 1.165) is 68.1 Å². The molecule has 0 unspecified atom stereocenters. The van der Waals surface area contributed by atoms with Crippen LogP contribution in [0.5, 0.6) is 5.75 Å². The van der Waals surface area contributed by atoms with Crippen LogP contribution in [0, 0.1) is 23.7 Å². The lowest BCUT2D eigenvalue weighted by Gasteiger charge is -2.45. The number of carbonyl (C=O) groups excluding carboxylic acids is 1. The summed E-state index contributed by atoms with van der Waals surface area (Å²) in [6.07, 6.45) is 9.96. The molecule has 4 aliphatic rings. The number of aliphatic hydroxyl groups is 1. The normalized spacial score (nSPS) is 32.7. The van der Waals surface area contributed by atoms with Crippen molar-refractivity contribution in [3.63, 3.8) is 0 Å². The smallest absolute Gasteiger partial charge is 0.261 e. The van der Waals surface area contributed by atoms with Crippen LogP contribution in [0.4, 0.5) is 5.69 Å². The van der Waals surface area contributed by atoms with Crippen molar-refractivity contribution < 1.29 is 14.6 Å². The number of halogens is 1. The van der Waals surface area contributed by atoms with Gasteiger partial charge in [-0.25, -0.2) is 0 Å². The summed E-state index contributed by atoms with van der Waals surface area (Å²) >= 11 is 7.95. The molecule has 0 radical (unpaired) electrons. The third-order valence-electron chi connectivity index (χ3n) is 10.0. The lowest BCUT2D eigenvalue weighted by Crippen LogP contribution is -2.49. The molecule has 2 aromatic carbocycles. The molecule has 41 heavy (non-hydrogen) atoms. The van der Waals surface area contributed by atoms with Crippen molar-refractivity contribution in [3.8, 4) is 5.75 Å². The van der Waals surface area contributed by atoms with Crippen LogP contribution >= 0.6 is 23.5 Å². The van der Waals surface area contributed by atoms with Crippen molar-refractivity contribution in [1.82, 2.24) is 4.72 Å². The van der Waals surface area contributed by atoms with Crippen molar-refractivity contribution in [2.24, 2.45) is 23.7 Å². The van der Waals surface area contributed by atoms with Gasteiger partial charge < -0.3 is 14.7 Å². The molecular weight excluding hydrogens is 552 g/mol. The van der Waals surface area contributed by atoms with Crippen LogP contribution in [0.25, 0.3) is 0 Å². The highest BCUT2D eigenvalue weighted by atomic mass is 35.5. The molecule has 1 spiro atoms. The fourth-order valence-corrected chi connectivity index (χ4v) is 8.78. The van der Waals surface area contributed by atoms with Gasteiger partial charge in [-0.3, -0.25) is 9.52 Å². The first kappa shape index (κ1) is 28.9. The molecular formula is C34H43ClN2O3S. The minimum absolute atomic E-state index is 0.0632. The number of fused-ring (bicyclic) bond motifs is 4. The summed E-state index contributed by atoms with van der Waals surface area (Å²) in [6.45, 7) is 8.90. The van der Waals surface area contributed by atoms with Crippen LogP contribution in [0.1, 0.15) is 74.4 Å². The van der Waals surface area contributed by atoms with Gasteiger partial charge in [-0.2, -0.15) is 0 Å². The van der Waals surface area contributed by atoms with Crippen molar-refractivity contribution in [2.45, 2.75) is 76.1 Å². The Labute approximate surface area is 254 Å². The molecule has 6 rings (SSSR count). The minimum atomic E-state index is -0.431. The van der Waals surface area contributed by atoms with Gasteiger partial charge in [0.2, 0.25) is 0 Å². The number of nitrogens with zero attached hydrogens (tertiary/aromatic N) is 1. The first-order valence-corrected chi connectivity index (χ1v) is 16.6. The number of carbonyl (C=O) groups is 1. The predicted octanol–water partition coefficient (Wildman–Crippen LogP) is 7.20. The lowest BCUT2D eigenvalue weighted by atomic mass is 9.68. The molecule has 2 aliphatic heterocycles. The third kappa shape index (κ3) is 5.77. The fourth-order valence-electron chi connectivity index (χ4n) is 7.61. The molecule has 1 fully saturated rings. The minimum Gasteiger partial charge on any atom is -0.490 e. The average molecular weight is 595 g/mol. The molecule has 2 aliphatic carbocycles. The molecule has 7 heteroatoms. The number of hydrogen-bond acceptors (Lipinski definition) is 5. The Morgan fingerprint density at radius 3 is 2.83 bits per heavy atom. The van der Waals surface area contributed by atoms with Crippen LogP contribution in [0.2, 0.25) is 5.02 Å². The first-order chi connectivity index (χ1) is 19.7. The molecule has 1 saturated carbocycles. The van der Waals surface area contributed by atoms with Gasteiger partial charge in [-0.15, -0.1) is 0 Å². The summed E-state index contributed by atoms with van der Waals surface area (Å²) in [5.41, 5.74) is 4.14. The highest BCUT2D eigenvalue weighted by molar-refractivity contribution is 7.98. The largest absolute Gasteiger partial charge is 0.490 e. The molecule has 220 valence electrons. The number of anilines is 1. The second kappa shape index (κ2) is 11.9. The van der Waals surface area contributed by atoms with Gasteiger partial charge in [0, 0.05) is 34.3 Å². The van der Waals surface area contributed by atoms with Crippen LogP contribution in [0.3, 0.4) is 0 Å². The van der Waals surface area contributed by atoms with Crippen LogP contribution < -0.4 is 14.4 Å². The second-order valence-electron chi connectivity index (χ2n) is 13.2. The van der Waals surface area contributed by atoms with E-state index in [4.69, 9.17) is 16.3 Å². The average Bonchev–Trinajstić information content (AvgIpc) is 3.07. The van der Waals surface area contributed by atoms with Crippen molar-refractivity contribution >= 4 is 35.1 Å². The number of aliphatic hydroxyl groups excluding tert-OH is 1. The number of rotatable bonds is 1. The van der Waals surface area contributed by atoms with Gasteiger partial charge in [-0.1, -0.05) is 50.6 Å². The van der Waals surface area contributed by atoms with Crippen LogP contribution in [0.15, 0.2) is 48.6 Å². The zero-order valence-corrected chi connectivity index (χ0v) is 26.0. The summed E-state index contributed by atoms with van der Waals surface area (Å²) < 4.78 is 9.79. The summed E-state index contributed by atoms with van der Waals surface area (Å²) in [6, 6.07) is 12.2. The first-order valence-electron chi connectivity index (χ1n) is 15.4. The lowest BCUT2D eigenvalue weighted by molar-refractivity contribution is 0.0455. The maximum Gasteiger partial charge on any atom is 0.261 e. The van der Waals surface area contributed by atoms with E-state index in [9.17, 15) is 9.90 Å².